The standard InChI is InChI=1S/C17H15BrCl3N3OS/c1-10-3-2-4-11(9-10)14(25)23-15(17(19,20)21)24-16(26)22-13-7-5-12(18)6-8-13/h2-9,15H,1H3,(H,23,25)(H2,22,24,26)/t15-/m1/s1. The molecule has 26 heavy (non-hydrogen) atoms. The molecule has 0 aliphatic heterocycles. The quantitative estimate of drug-likeness (QED) is 0.311. The molecule has 0 aliphatic carbocycles. The number of nitrogens with one attached hydrogen (secondary N) is 3. The maximum absolute atomic E-state index is 12.4. The van der Waals surface area contributed by atoms with Gasteiger partial charge >= 0.3 is 0 Å². The highest BCUT2D eigenvalue weighted by Gasteiger charge is 2.34. The second-order valence-corrected chi connectivity index (χ2v) is 9.12. The van der Waals surface area contributed by atoms with Gasteiger partial charge in [-0.3, -0.25) is 4.79 Å². The van der Waals surface area contributed by atoms with Crippen molar-refractivity contribution >= 4 is 79.7 Å². The Labute approximate surface area is 180 Å². The first-order chi connectivity index (χ1) is 12.1. The Hall–Kier alpha value is -1.05. The summed E-state index contributed by atoms with van der Waals surface area (Å²) in [6.45, 7) is 1.89. The topological polar surface area (TPSA) is 53.2 Å². The number of hydrogen-bond acceptors (Lipinski definition) is 2. The van der Waals surface area contributed by atoms with Gasteiger partial charge in [-0.25, -0.2) is 0 Å². The van der Waals surface area contributed by atoms with E-state index in [1.54, 1.807) is 18.2 Å². The first-order valence-corrected chi connectivity index (χ1v) is 9.76. The van der Waals surface area contributed by atoms with Crippen LogP contribution in [-0.2, 0) is 0 Å². The lowest BCUT2D eigenvalue weighted by atomic mass is 10.1. The lowest BCUT2D eigenvalue weighted by molar-refractivity contribution is 0.0934. The third-order valence-corrected chi connectivity index (χ3v) is 4.66. The third kappa shape index (κ3) is 6.59. The molecule has 0 radical (unpaired) electrons. The van der Waals surface area contributed by atoms with Crippen LogP contribution in [-0.4, -0.2) is 21.0 Å². The SMILES string of the molecule is Cc1cccc(C(=O)N[C@H](NC(=S)Nc2ccc(Br)cc2)C(Cl)(Cl)Cl)c1. The Kier molecular flexibility index (Phi) is 7.55. The Bertz CT molecular complexity index is 797. The van der Waals surface area contributed by atoms with Crippen LogP contribution in [0.25, 0.3) is 0 Å². The number of carbonyl (C=O) groups is 1. The zero-order valence-corrected chi connectivity index (χ0v) is 18.2. The van der Waals surface area contributed by atoms with E-state index < -0.39 is 9.96 Å². The fourth-order valence-electron chi connectivity index (χ4n) is 2.03. The predicted octanol–water partition coefficient (Wildman–Crippen LogP) is 5.17. The van der Waals surface area contributed by atoms with Crippen LogP contribution in [0.3, 0.4) is 0 Å². The summed E-state index contributed by atoms with van der Waals surface area (Å²) in [4.78, 5) is 12.4. The molecule has 0 unspecified atom stereocenters. The molecule has 3 N–H and O–H groups in total. The number of aryl methyl sites for hydroxylation is 1. The molecule has 0 aromatic heterocycles. The molecule has 0 bridgehead atoms. The fourth-order valence-corrected chi connectivity index (χ4v) is 2.86. The van der Waals surface area contributed by atoms with E-state index in [-0.39, 0.29) is 11.0 Å². The normalized spacial score (nSPS) is 12.2. The van der Waals surface area contributed by atoms with Crippen molar-refractivity contribution in [3.05, 3.63) is 64.1 Å². The van der Waals surface area contributed by atoms with Crippen molar-refractivity contribution in [2.75, 3.05) is 5.32 Å². The van der Waals surface area contributed by atoms with Crippen molar-refractivity contribution in [1.82, 2.24) is 10.6 Å². The summed E-state index contributed by atoms with van der Waals surface area (Å²) in [7, 11) is 0. The first kappa shape index (κ1) is 21.3. The van der Waals surface area contributed by atoms with Crippen molar-refractivity contribution in [2.45, 2.75) is 16.9 Å². The van der Waals surface area contributed by atoms with Crippen LogP contribution < -0.4 is 16.0 Å². The van der Waals surface area contributed by atoms with Crippen LogP contribution in [0, 0.1) is 6.92 Å². The average Bonchev–Trinajstić information content (AvgIpc) is 2.55. The molecule has 2 aromatic rings. The lowest BCUT2D eigenvalue weighted by Gasteiger charge is -2.27. The van der Waals surface area contributed by atoms with Crippen molar-refractivity contribution in [2.24, 2.45) is 0 Å². The zero-order chi connectivity index (χ0) is 19.3. The van der Waals surface area contributed by atoms with Gasteiger partial charge in [0, 0.05) is 15.7 Å². The summed E-state index contributed by atoms with van der Waals surface area (Å²) < 4.78 is -0.878. The summed E-state index contributed by atoms with van der Waals surface area (Å²) in [5.41, 5.74) is 2.15. The van der Waals surface area contributed by atoms with Gasteiger partial charge < -0.3 is 16.0 Å². The lowest BCUT2D eigenvalue weighted by Crippen LogP contribution is -2.56. The second kappa shape index (κ2) is 9.24. The van der Waals surface area contributed by atoms with Crippen LogP contribution in [0.2, 0.25) is 0 Å². The smallest absolute Gasteiger partial charge is 0.252 e. The van der Waals surface area contributed by atoms with Gasteiger partial charge in [-0.15, -0.1) is 0 Å². The van der Waals surface area contributed by atoms with Crippen LogP contribution in [0.1, 0.15) is 15.9 Å². The van der Waals surface area contributed by atoms with Crippen LogP contribution in [0.15, 0.2) is 53.0 Å². The van der Waals surface area contributed by atoms with Crippen LogP contribution in [0.4, 0.5) is 5.69 Å². The largest absolute Gasteiger partial charge is 0.339 e. The molecule has 0 spiro atoms. The first-order valence-electron chi connectivity index (χ1n) is 7.42. The monoisotopic (exact) mass is 493 g/mol. The van der Waals surface area contributed by atoms with E-state index in [1.165, 1.54) is 0 Å². The molecular weight excluding hydrogens is 481 g/mol. The third-order valence-electron chi connectivity index (χ3n) is 3.26. The summed E-state index contributed by atoms with van der Waals surface area (Å²) in [6, 6.07) is 14.5. The number of rotatable bonds is 4. The molecule has 9 heteroatoms. The highest BCUT2D eigenvalue weighted by molar-refractivity contribution is 9.10. The number of anilines is 1. The minimum atomic E-state index is -1.81. The van der Waals surface area contributed by atoms with Gasteiger partial charge in [0.1, 0.15) is 6.17 Å². The molecule has 0 fully saturated rings. The minimum Gasteiger partial charge on any atom is -0.339 e. The summed E-state index contributed by atoms with van der Waals surface area (Å²) in [5.74, 6) is -0.385. The molecule has 138 valence electrons. The van der Waals surface area contributed by atoms with Crippen molar-refractivity contribution < 1.29 is 4.79 Å². The molecule has 1 atom stereocenters. The van der Waals surface area contributed by atoms with E-state index in [0.717, 1.165) is 15.7 Å². The summed E-state index contributed by atoms with van der Waals surface area (Å²) >= 11 is 26.6. The van der Waals surface area contributed by atoms with E-state index in [2.05, 4.69) is 31.9 Å². The minimum absolute atomic E-state index is 0.202. The van der Waals surface area contributed by atoms with Crippen LogP contribution >= 0.6 is 63.0 Å². The number of alkyl halides is 3. The van der Waals surface area contributed by atoms with Gasteiger partial charge in [0.05, 0.1) is 0 Å². The van der Waals surface area contributed by atoms with Gasteiger partial charge in [0.15, 0.2) is 5.11 Å². The van der Waals surface area contributed by atoms with Gasteiger partial charge in [-0.05, 0) is 55.5 Å². The number of hydrogen-bond donors (Lipinski definition) is 3. The maximum Gasteiger partial charge on any atom is 0.252 e. The Morgan fingerprint density at radius 1 is 1.12 bits per heavy atom. The van der Waals surface area contributed by atoms with Gasteiger partial charge in [-0.1, -0.05) is 68.4 Å². The zero-order valence-electron chi connectivity index (χ0n) is 13.5. The predicted molar refractivity (Wildman–Crippen MR) is 116 cm³/mol. The van der Waals surface area contributed by atoms with Crippen molar-refractivity contribution in [3.63, 3.8) is 0 Å². The fraction of sp³-hybridized carbons (Fsp3) is 0.176. The highest BCUT2D eigenvalue weighted by atomic mass is 79.9. The van der Waals surface area contributed by atoms with E-state index >= 15 is 0 Å². The molecule has 0 saturated carbocycles. The number of amides is 1. The Morgan fingerprint density at radius 3 is 2.35 bits per heavy atom. The summed E-state index contributed by atoms with van der Waals surface area (Å²) in [6.07, 6.45) is -1.03. The molecule has 0 aliphatic rings. The van der Waals surface area contributed by atoms with E-state index in [4.69, 9.17) is 47.0 Å². The molecule has 2 rings (SSSR count). The number of benzene rings is 2. The maximum atomic E-state index is 12.4. The number of halogens is 4. The van der Waals surface area contributed by atoms with Gasteiger partial charge in [0.2, 0.25) is 3.79 Å². The number of carbonyl (C=O) groups excluding carboxylic acids is 1. The molecule has 1 amide bonds. The molecule has 4 nitrogen and oxygen atoms in total. The summed E-state index contributed by atoms with van der Waals surface area (Å²) in [5, 5.41) is 8.63. The van der Waals surface area contributed by atoms with Crippen molar-refractivity contribution in [3.8, 4) is 0 Å². The number of thiocarbonyl (C=S) groups is 1. The van der Waals surface area contributed by atoms with Gasteiger partial charge in [-0.2, -0.15) is 0 Å². The highest BCUT2D eigenvalue weighted by Crippen LogP contribution is 2.29. The van der Waals surface area contributed by atoms with Crippen molar-refractivity contribution in [1.29, 1.82) is 0 Å². The van der Waals surface area contributed by atoms with E-state index in [1.807, 2.05) is 37.3 Å². The van der Waals surface area contributed by atoms with Gasteiger partial charge in [0.25, 0.3) is 5.91 Å². The molecule has 0 heterocycles. The Balaban J connectivity index is 2.06. The second-order valence-electron chi connectivity index (χ2n) is 5.42. The average molecular weight is 496 g/mol. The molecular formula is C17H15BrCl3N3OS. The Morgan fingerprint density at radius 2 is 1.77 bits per heavy atom. The molecule has 0 saturated heterocycles. The van der Waals surface area contributed by atoms with E-state index in [0.29, 0.717) is 5.56 Å². The van der Waals surface area contributed by atoms with E-state index in [9.17, 15) is 4.79 Å². The van der Waals surface area contributed by atoms with Crippen LogP contribution in [0.5, 0.6) is 0 Å². The molecule has 2 aromatic carbocycles.